The molecule has 1 aliphatic rings. The third-order valence-electron chi connectivity index (χ3n) is 6.47. The van der Waals surface area contributed by atoms with Crippen molar-refractivity contribution in [3.8, 4) is 0 Å². The Bertz CT molecular complexity index is 638. The van der Waals surface area contributed by atoms with E-state index in [-0.39, 0.29) is 24.1 Å². The van der Waals surface area contributed by atoms with E-state index in [0.29, 0.717) is 50.5 Å². The Kier molecular flexibility index (Phi) is 10.8. The van der Waals surface area contributed by atoms with Crippen molar-refractivity contribution in [2.45, 2.75) is 95.4 Å². The van der Waals surface area contributed by atoms with Gasteiger partial charge in [-0.15, -0.1) is 0 Å². The number of aliphatic carboxylic acids is 1. The smallest absolute Gasteiger partial charge is 0.303 e. The Morgan fingerprint density at radius 3 is 2.33 bits per heavy atom. The van der Waals surface area contributed by atoms with Gasteiger partial charge >= 0.3 is 5.97 Å². The Labute approximate surface area is 178 Å². The number of carbonyl (C=O) groups is 1. The summed E-state index contributed by atoms with van der Waals surface area (Å²) in [7, 11) is 0. The minimum absolute atomic E-state index is 0.0137. The number of halogens is 1. The quantitative estimate of drug-likeness (QED) is 0.338. The van der Waals surface area contributed by atoms with Crippen molar-refractivity contribution in [1.82, 2.24) is 0 Å². The number of aliphatic hydroxyl groups is 3. The van der Waals surface area contributed by atoms with Gasteiger partial charge < -0.3 is 20.4 Å². The maximum absolute atomic E-state index is 13.7. The Hall–Kier alpha value is -1.50. The molecule has 2 rings (SSSR count). The van der Waals surface area contributed by atoms with Crippen LogP contribution in [0.15, 0.2) is 24.3 Å². The molecule has 1 fully saturated rings. The average Bonchev–Trinajstić information content (AvgIpc) is 2.96. The zero-order chi connectivity index (χ0) is 21.9. The van der Waals surface area contributed by atoms with Crippen LogP contribution in [0.4, 0.5) is 4.39 Å². The van der Waals surface area contributed by atoms with E-state index in [2.05, 4.69) is 0 Å². The zero-order valence-electron chi connectivity index (χ0n) is 17.8. The van der Waals surface area contributed by atoms with Crippen LogP contribution in [0.5, 0.6) is 0 Å². The molecule has 5 atom stereocenters. The van der Waals surface area contributed by atoms with Crippen molar-refractivity contribution in [2.75, 3.05) is 0 Å². The van der Waals surface area contributed by atoms with Crippen LogP contribution in [-0.4, -0.2) is 44.7 Å². The Morgan fingerprint density at radius 1 is 0.967 bits per heavy atom. The number of aliphatic hydroxyl groups excluding tert-OH is 3. The topological polar surface area (TPSA) is 98.0 Å². The van der Waals surface area contributed by atoms with Crippen molar-refractivity contribution in [2.24, 2.45) is 11.8 Å². The lowest BCUT2D eigenvalue weighted by Gasteiger charge is -2.24. The number of carboxylic acid groups (broad SMARTS) is 1. The number of unbranched alkanes of at least 4 members (excludes halogenated alkanes) is 3. The molecule has 1 aromatic carbocycles. The summed E-state index contributed by atoms with van der Waals surface area (Å²) in [5.41, 5.74) is 0.669. The van der Waals surface area contributed by atoms with Crippen LogP contribution in [0, 0.1) is 17.7 Å². The van der Waals surface area contributed by atoms with Crippen LogP contribution < -0.4 is 0 Å². The van der Waals surface area contributed by atoms with Crippen LogP contribution >= 0.6 is 0 Å². The van der Waals surface area contributed by atoms with Crippen molar-refractivity contribution < 1.29 is 29.6 Å². The molecule has 0 spiro atoms. The minimum Gasteiger partial charge on any atom is -0.481 e. The van der Waals surface area contributed by atoms with Gasteiger partial charge in [0, 0.05) is 6.42 Å². The SMILES string of the molecule is O=C(O)CCCCCCC1C(O)CC(O)C1CCC(O)CCCc1ccccc1F. The second-order valence-corrected chi connectivity index (χ2v) is 8.76. The normalized spacial score (nSPS) is 24.8. The number of carboxylic acids is 1. The van der Waals surface area contributed by atoms with E-state index < -0.39 is 24.3 Å². The first kappa shape index (κ1) is 24.8. The molecule has 0 bridgehead atoms. The standard InChI is InChI=1S/C24H37FO5/c25-21-12-6-5-8-17(21)9-7-10-18(26)14-15-20-19(22(27)16-23(20)28)11-3-1-2-4-13-24(29)30/h5-6,8,12,18-20,22-23,26-28H,1-4,7,9-11,13-16H2,(H,29,30). The van der Waals surface area contributed by atoms with E-state index in [1.807, 2.05) is 6.07 Å². The van der Waals surface area contributed by atoms with Gasteiger partial charge in [-0.3, -0.25) is 4.79 Å². The fraction of sp³-hybridized carbons (Fsp3) is 0.708. The summed E-state index contributed by atoms with van der Waals surface area (Å²) in [5.74, 6) is -0.956. The predicted molar refractivity (Wildman–Crippen MR) is 114 cm³/mol. The second kappa shape index (κ2) is 13.0. The number of hydrogen-bond acceptors (Lipinski definition) is 4. The summed E-state index contributed by atoms with van der Waals surface area (Å²) in [4.78, 5) is 10.5. The molecule has 0 amide bonds. The van der Waals surface area contributed by atoms with Crippen molar-refractivity contribution >= 4 is 5.97 Å². The molecule has 0 heterocycles. The van der Waals surface area contributed by atoms with Crippen LogP contribution in [0.2, 0.25) is 0 Å². The fourth-order valence-corrected chi connectivity index (χ4v) is 4.75. The minimum atomic E-state index is -0.767. The van der Waals surface area contributed by atoms with Crippen LogP contribution in [0.3, 0.4) is 0 Å². The van der Waals surface area contributed by atoms with E-state index in [4.69, 9.17) is 5.11 Å². The molecule has 0 aromatic heterocycles. The summed E-state index contributed by atoms with van der Waals surface area (Å²) in [6.07, 6.45) is 6.38. The first-order valence-corrected chi connectivity index (χ1v) is 11.4. The van der Waals surface area contributed by atoms with Gasteiger partial charge in [0.25, 0.3) is 0 Å². The van der Waals surface area contributed by atoms with Gasteiger partial charge in [-0.1, -0.05) is 37.5 Å². The molecule has 6 heteroatoms. The third-order valence-corrected chi connectivity index (χ3v) is 6.47. The number of benzene rings is 1. The molecule has 0 aliphatic heterocycles. The number of aryl methyl sites for hydroxylation is 1. The number of hydrogen-bond donors (Lipinski definition) is 4. The highest BCUT2D eigenvalue weighted by Gasteiger charge is 2.40. The van der Waals surface area contributed by atoms with Crippen molar-refractivity contribution in [1.29, 1.82) is 0 Å². The summed E-state index contributed by atoms with van der Waals surface area (Å²) in [5, 5.41) is 39.7. The van der Waals surface area contributed by atoms with Gasteiger partial charge in [0.15, 0.2) is 0 Å². The molecule has 30 heavy (non-hydrogen) atoms. The average molecular weight is 425 g/mol. The van der Waals surface area contributed by atoms with Crippen molar-refractivity contribution in [3.63, 3.8) is 0 Å². The number of rotatable bonds is 14. The Morgan fingerprint density at radius 2 is 1.63 bits per heavy atom. The first-order valence-electron chi connectivity index (χ1n) is 11.4. The maximum atomic E-state index is 13.7. The lowest BCUT2D eigenvalue weighted by Crippen LogP contribution is -2.24. The van der Waals surface area contributed by atoms with E-state index in [9.17, 15) is 24.5 Å². The van der Waals surface area contributed by atoms with E-state index >= 15 is 0 Å². The molecule has 0 radical (unpaired) electrons. The summed E-state index contributed by atoms with van der Waals surface area (Å²) < 4.78 is 13.7. The summed E-state index contributed by atoms with van der Waals surface area (Å²) >= 11 is 0. The van der Waals surface area contributed by atoms with Gasteiger partial charge in [-0.25, -0.2) is 4.39 Å². The van der Waals surface area contributed by atoms with Gasteiger partial charge in [-0.2, -0.15) is 0 Å². The van der Waals surface area contributed by atoms with E-state index in [1.165, 1.54) is 6.07 Å². The first-order chi connectivity index (χ1) is 14.4. The third kappa shape index (κ3) is 8.32. The van der Waals surface area contributed by atoms with E-state index in [1.54, 1.807) is 12.1 Å². The lowest BCUT2D eigenvalue weighted by atomic mass is 9.84. The second-order valence-electron chi connectivity index (χ2n) is 8.76. The molecule has 0 saturated heterocycles. The highest BCUT2D eigenvalue weighted by Crippen LogP contribution is 2.39. The zero-order valence-corrected chi connectivity index (χ0v) is 17.8. The van der Waals surface area contributed by atoms with E-state index in [0.717, 1.165) is 25.7 Å². The fourth-order valence-electron chi connectivity index (χ4n) is 4.75. The molecular formula is C24H37FO5. The van der Waals surface area contributed by atoms with Gasteiger partial charge in [0.2, 0.25) is 0 Å². The Balaban J connectivity index is 1.68. The van der Waals surface area contributed by atoms with Crippen molar-refractivity contribution in [3.05, 3.63) is 35.6 Å². The maximum Gasteiger partial charge on any atom is 0.303 e. The summed E-state index contributed by atoms with van der Waals surface area (Å²) in [6, 6.07) is 6.70. The van der Waals surface area contributed by atoms with Gasteiger partial charge in [0.05, 0.1) is 18.3 Å². The highest BCUT2D eigenvalue weighted by molar-refractivity contribution is 5.66. The van der Waals surface area contributed by atoms with Crippen LogP contribution in [-0.2, 0) is 11.2 Å². The molecular weight excluding hydrogens is 387 g/mol. The largest absolute Gasteiger partial charge is 0.481 e. The predicted octanol–water partition coefficient (Wildman–Crippen LogP) is 4.07. The summed E-state index contributed by atoms with van der Waals surface area (Å²) in [6.45, 7) is 0. The molecule has 1 aliphatic carbocycles. The molecule has 4 N–H and O–H groups in total. The highest BCUT2D eigenvalue weighted by atomic mass is 19.1. The molecule has 1 aromatic rings. The monoisotopic (exact) mass is 424 g/mol. The van der Waals surface area contributed by atoms with Gasteiger partial charge in [-0.05, 0) is 74.8 Å². The van der Waals surface area contributed by atoms with Crippen LogP contribution in [0.1, 0.15) is 76.2 Å². The molecule has 1 saturated carbocycles. The molecule has 5 unspecified atom stereocenters. The molecule has 5 nitrogen and oxygen atoms in total. The molecule has 170 valence electrons. The van der Waals surface area contributed by atoms with Gasteiger partial charge in [0.1, 0.15) is 5.82 Å². The van der Waals surface area contributed by atoms with Crippen LogP contribution in [0.25, 0.3) is 0 Å². The lowest BCUT2D eigenvalue weighted by molar-refractivity contribution is -0.137.